The zero-order valence-electron chi connectivity index (χ0n) is 24.2. The van der Waals surface area contributed by atoms with Gasteiger partial charge in [0, 0.05) is 49.0 Å². The molecule has 266 valence electrons. The summed E-state index contributed by atoms with van der Waals surface area (Å²) < 4.78 is 109. The maximum absolute atomic E-state index is 13.5. The molecule has 4 N–H and O–H groups in total. The molecule has 0 unspecified atom stereocenters. The van der Waals surface area contributed by atoms with Crippen molar-refractivity contribution in [3.8, 4) is 11.1 Å². The van der Waals surface area contributed by atoms with Crippen LogP contribution in [0.3, 0.4) is 0 Å². The summed E-state index contributed by atoms with van der Waals surface area (Å²) in [5.74, 6) is -7.53. The van der Waals surface area contributed by atoms with Crippen LogP contribution in [0.25, 0.3) is 22.0 Å². The molecule has 0 aliphatic carbocycles. The third kappa shape index (κ3) is 12.4. The number of benzene rings is 2. The van der Waals surface area contributed by atoms with E-state index in [-0.39, 0.29) is 5.82 Å². The number of fused-ring (bicyclic) bond motifs is 1. The minimum absolute atomic E-state index is 0.200. The summed E-state index contributed by atoms with van der Waals surface area (Å²) in [6.07, 6.45) is -9.95. The SMILES string of the molecule is Fc1cccc(N2CCN(c3ncnc4ccc(-c5cn[nH]c5)cc34)CC2)c1.O=C(O)C(F)(F)F.O=C(O)C(F)(F)F.O=C(O)C(F)(F)F. The fraction of sp³-hybridized carbons (Fsp3) is 0.259. The van der Waals surface area contributed by atoms with Gasteiger partial charge in [0.15, 0.2) is 0 Å². The van der Waals surface area contributed by atoms with Crippen LogP contribution in [0.5, 0.6) is 0 Å². The number of aliphatic carboxylic acids is 3. The number of piperazine rings is 1. The lowest BCUT2D eigenvalue weighted by Gasteiger charge is -2.37. The maximum atomic E-state index is 13.5. The van der Waals surface area contributed by atoms with E-state index in [9.17, 15) is 43.9 Å². The van der Waals surface area contributed by atoms with E-state index >= 15 is 0 Å². The first-order chi connectivity index (χ1) is 22.6. The van der Waals surface area contributed by atoms with Crippen LogP contribution in [0.2, 0.25) is 0 Å². The molecule has 1 fully saturated rings. The zero-order chi connectivity index (χ0) is 37.2. The number of hydrogen-bond acceptors (Lipinski definition) is 8. The van der Waals surface area contributed by atoms with Crippen LogP contribution in [-0.2, 0) is 14.4 Å². The zero-order valence-corrected chi connectivity index (χ0v) is 24.2. The average molecular weight is 716 g/mol. The normalized spacial score (nSPS) is 13.2. The van der Waals surface area contributed by atoms with Gasteiger partial charge in [-0.2, -0.15) is 44.6 Å². The first-order valence-electron chi connectivity index (χ1n) is 13.0. The smallest absolute Gasteiger partial charge is 0.475 e. The van der Waals surface area contributed by atoms with Gasteiger partial charge >= 0.3 is 36.4 Å². The van der Waals surface area contributed by atoms with Crippen molar-refractivity contribution in [2.75, 3.05) is 36.0 Å². The highest BCUT2D eigenvalue weighted by Crippen LogP contribution is 2.29. The van der Waals surface area contributed by atoms with Crippen LogP contribution in [0, 0.1) is 5.82 Å². The van der Waals surface area contributed by atoms with E-state index in [1.54, 1.807) is 18.5 Å². The highest BCUT2D eigenvalue weighted by molar-refractivity contribution is 5.93. The summed E-state index contributed by atoms with van der Waals surface area (Å²) in [5.41, 5.74) is 3.96. The number of alkyl halides is 9. The number of anilines is 2. The first kappa shape index (κ1) is 39.5. The second kappa shape index (κ2) is 16.4. The second-order valence-electron chi connectivity index (χ2n) is 9.28. The number of halogens is 10. The van der Waals surface area contributed by atoms with Crippen molar-refractivity contribution < 1.29 is 73.6 Å². The van der Waals surface area contributed by atoms with Gasteiger partial charge in [-0.1, -0.05) is 12.1 Å². The Balaban J connectivity index is 0.000000325. The highest BCUT2D eigenvalue weighted by Gasteiger charge is 2.39. The standard InChI is InChI=1S/C21H19FN6.3C2HF3O2/c22-17-2-1-3-18(11-17)27-6-8-28(9-7-27)21-19-10-15(16-12-25-26-13-16)4-5-20(19)23-14-24-21;3*3-2(4,5)1(6)7/h1-5,10-14H,6-9H2,(H,25,26);3*(H,6,7). The Labute approximate surface area is 267 Å². The van der Waals surface area contributed by atoms with Gasteiger partial charge in [0.05, 0.1) is 11.7 Å². The number of nitrogens with zero attached hydrogens (tertiary/aromatic N) is 5. The van der Waals surface area contributed by atoms with E-state index in [1.807, 2.05) is 30.6 Å². The monoisotopic (exact) mass is 716 g/mol. The Kier molecular flexibility index (Phi) is 13.2. The average Bonchev–Trinajstić information content (AvgIpc) is 3.56. The molecule has 1 aliphatic heterocycles. The van der Waals surface area contributed by atoms with Crippen molar-refractivity contribution in [2.24, 2.45) is 0 Å². The summed E-state index contributed by atoms with van der Waals surface area (Å²) in [5, 5.41) is 29.3. The molecule has 1 aliphatic rings. The number of nitrogens with one attached hydrogen (secondary N) is 1. The molecule has 0 atom stereocenters. The fourth-order valence-electron chi connectivity index (χ4n) is 3.73. The first-order valence-corrected chi connectivity index (χ1v) is 13.0. The van der Waals surface area contributed by atoms with E-state index in [2.05, 4.69) is 36.0 Å². The predicted molar refractivity (Wildman–Crippen MR) is 149 cm³/mol. The highest BCUT2D eigenvalue weighted by atomic mass is 19.4. The molecule has 5 rings (SSSR count). The van der Waals surface area contributed by atoms with Crippen molar-refractivity contribution >= 4 is 40.3 Å². The minimum Gasteiger partial charge on any atom is -0.475 e. The number of aromatic amines is 1. The third-order valence-corrected chi connectivity index (χ3v) is 5.93. The number of H-pyrrole nitrogens is 1. The molecule has 0 bridgehead atoms. The van der Waals surface area contributed by atoms with Crippen LogP contribution in [0.15, 0.2) is 61.2 Å². The molecule has 2 aromatic carbocycles. The summed E-state index contributed by atoms with van der Waals surface area (Å²) in [4.78, 5) is 40.2. The van der Waals surface area contributed by atoms with E-state index in [4.69, 9.17) is 29.7 Å². The predicted octanol–water partition coefficient (Wildman–Crippen LogP) is 5.39. The second-order valence-corrected chi connectivity index (χ2v) is 9.28. The quantitative estimate of drug-likeness (QED) is 0.201. The third-order valence-electron chi connectivity index (χ3n) is 5.93. The van der Waals surface area contributed by atoms with Gasteiger partial charge in [-0.05, 0) is 35.9 Å². The molecule has 0 radical (unpaired) electrons. The molecule has 4 aromatic rings. The van der Waals surface area contributed by atoms with Crippen molar-refractivity contribution in [1.82, 2.24) is 20.2 Å². The van der Waals surface area contributed by atoms with Gasteiger partial charge in [-0.15, -0.1) is 0 Å². The number of rotatable bonds is 3. The van der Waals surface area contributed by atoms with Gasteiger partial charge in [-0.3, -0.25) is 5.10 Å². The molecular weight excluding hydrogens is 694 g/mol. The largest absolute Gasteiger partial charge is 0.490 e. The van der Waals surface area contributed by atoms with Crippen molar-refractivity contribution in [2.45, 2.75) is 18.5 Å². The van der Waals surface area contributed by atoms with Crippen molar-refractivity contribution in [1.29, 1.82) is 0 Å². The molecule has 0 saturated carbocycles. The summed E-state index contributed by atoms with van der Waals surface area (Å²) >= 11 is 0. The Morgan fingerprint density at radius 1 is 0.694 bits per heavy atom. The van der Waals surface area contributed by atoms with Crippen LogP contribution in [0.1, 0.15) is 0 Å². The fourth-order valence-corrected chi connectivity index (χ4v) is 3.73. The molecule has 0 spiro atoms. The van der Waals surface area contributed by atoms with Crippen LogP contribution in [0.4, 0.5) is 55.4 Å². The number of carboxylic acid groups (broad SMARTS) is 3. The van der Waals surface area contributed by atoms with Crippen molar-refractivity contribution in [3.05, 3.63) is 67.0 Å². The number of aromatic nitrogens is 4. The Hall–Kier alpha value is -5.70. The number of carbonyl (C=O) groups is 3. The summed E-state index contributed by atoms with van der Waals surface area (Å²) in [6, 6.07) is 13.0. The topological polar surface area (TPSA) is 173 Å². The minimum atomic E-state index is -5.08. The Bertz CT molecular complexity index is 1650. The molecule has 0 amide bonds. The van der Waals surface area contributed by atoms with Gasteiger partial charge in [0.2, 0.25) is 0 Å². The van der Waals surface area contributed by atoms with Crippen LogP contribution < -0.4 is 9.80 Å². The van der Waals surface area contributed by atoms with E-state index in [0.717, 1.165) is 59.7 Å². The Morgan fingerprint density at radius 2 is 1.20 bits per heavy atom. The lowest BCUT2D eigenvalue weighted by atomic mass is 10.1. The lowest BCUT2D eigenvalue weighted by molar-refractivity contribution is -0.193. The molecule has 1 saturated heterocycles. The van der Waals surface area contributed by atoms with E-state index < -0.39 is 36.4 Å². The Morgan fingerprint density at radius 3 is 1.65 bits per heavy atom. The molecular formula is C27H22F10N6O6. The molecule has 49 heavy (non-hydrogen) atoms. The molecule has 12 nitrogen and oxygen atoms in total. The van der Waals surface area contributed by atoms with E-state index in [0.29, 0.717) is 0 Å². The lowest BCUT2D eigenvalue weighted by Crippen LogP contribution is -2.47. The van der Waals surface area contributed by atoms with Gasteiger partial charge in [-0.25, -0.2) is 28.7 Å². The van der Waals surface area contributed by atoms with Gasteiger partial charge in [0.1, 0.15) is 18.0 Å². The molecule has 22 heteroatoms. The summed E-state index contributed by atoms with van der Waals surface area (Å²) in [6.45, 7) is 3.27. The van der Waals surface area contributed by atoms with Crippen LogP contribution in [-0.4, -0.2) is 98.1 Å². The molecule has 2 aromatic heterocycles. The van der Waals surface area contributed by atoms with Gasteiger partial charge < -0.3 is 25.1 Å². The number of hydrogen-bond donors (Lipinski definition) is 4. The van der Waals surface area contributed by atoms with E-state index in [1.165, 1.54) is 6.07 Å². The number of carboxylic acids is 3. The van der Waals surface area contributed by atoms with Gasteiger partial charge in [0.25, 0.3) is 0 Å². The summed E-state index contributed by atoms with van der Waals surface area (Å²) in [7, 11) is 0. The maximum Gasteiger partial charge on any atom is 0.490 e. The molecule has 3 heterocycles. The van der Waals surface area contributed by atoms with Crippen LogP contribution >= 0.6 is 0 Å². The van der Waals surface area contributed by atoms with Crippen molar-refractivity contribution in [3.63, 3.8) is 0 Å².